The molecule has 7 heteroatoms. The van der Waals surface area contributed by atoms with Crippen molar-refractivity contribution in [1.82, 2.24) is 9.47 Å². The van der Waals surface area contributed by atoms with Crippen LogP contribution in [0.3, 0.4) is 0 Å². The Labute approximate surface area is 183 Å². The largest absolute Gasteiger partial charge is 0.454 e. The zero-order valence-corrected chi connectivity index (χ0v) is 17.8. The summed E-state index contributed by atoms with van der Waals surface area (Å²) >= 11 is 1.46. The Morgan fingerprint density at radius 2 is 1.94 bits per heavy atom. The lowest BCUT2D eigenvalue weighted by molar-refractivity contribution is -0.127. The molecule has 5 nitrogen and oxygen atoms in total. The molecule has 1 saturated heterocycles. The molecule has 3 heterocycles. The molecule has 0 N–H and O–H groups in total. The number of thiazole rings is 1. The average Bonchev–Trinajstić information content (AvgIpc) is 3.48. The third kappa shape index (κ3) is 4.05. The highest BCUT2D eigenvalue weighted by Crippen LogP contribution is 2.28. The zero-order chi connectivity index (χ0) is 21.2. The van der Waals surface area contributed by atoms with E-state index >= 15 is 0 Å². The van der Waals surface area contributed by atoms with Crippen LogP contribution < -0.4 is 4.80 Å². The summed E-state index contributed by atoms with van der Waals surface area (Å²) in [4.78, 5) is 19.2. The van der Waals surface area contributed by atoms with Gasteiger partial charge in [0.05, 0.1) is 5.69 Å². The number of hydrogen-bond acceptors (Lipinski definition) is 4. The predicted octanol–water partition coefficient (Wildman–Crippen LogP) is 5.35. The quantitative estimate of drug-likeness (QED) is 0.410. The fourth-order valence-electron chi connectivity index (χ4n) is 3.95. The number of amides is 1. The third-order valence-electron chi connectivity index (χ3n) is 5.53. The van der Waals surface area contributed by atoms with E-state index in [1.54, 1.807) is 18.2 Å². The molecule has 1 aliphatic rings. The Morgan fingerprint density at radius 1 is 1.10 bits per heavy atom. The molecular weight excluding hydrogens is 413 g/mol. The van der Waals surface area contributed by atoms with Gasteiger partial charge in [-0.15, -0.1) is 11.3 Å². The van der Waals surface area contributed by atoms with Gasteiger partial charge in [0, 0.05) is 36.8 Å². The maximum Gasteiger partial charge on any atom is 0.222 e. The van der Waals surface area contributed by atoms with Crippen molar-refractivity contribution in [2.45, 2.75) is 25.8 Å². The normalized spacial score (nSPS) is 14.8. The van der Waals surface area contributed by atoms with Crippen LogP contribution in [0.2, 0.25) is 0 Å². The molecule has 0 spiro atoms. The predicted molar refractivity (Wildman–Crippen MR) is 120 cm³/mol. The number of carbonyl (C=O) groups is 1. The third-order valence-corrected chi connectivity index (χ3v) is 6.39. The Balaban J connectivity index is 1.52. The number of furan rings is 1. The molecule has 158 valence electrons. The number of benzene rings is 2. The summed E-state index contributed by atoms with van der Waals surface area (Å²) in [5.41, 5.74) is 2.04. The van der Waals surface area contributed by atoms with E-state index in [1.807, 2.05) is 40.6 Å². The molecule has 0 saturated carbocycles. The molecule has 1 amide bonds. The molecule has 31 heavy (non-hydrogen) atoms. The number of nitrogens with zero attached hydrogens (tertiary/aromatic N) is 3. The van der Waals surface area contributed by atoms with Crippen LogP contribution in [-0.2, 0) is 11.3 Å². The lowest BCUT2D eigenvalue weighted by atomic mass is 10.2. The molecule has 1 fully saturated rings. The molecule has 0 radical (unpaired) electrons. The Morgan fingerprint density at radius 3 is 2.74 bits per heavy atom. The van der Waals surface area contributed by atoms with Crippen LogP contribution in [0.15, 0.2) is 69.4 Å². The first-order valence-corrected chi connectivity index (χ1v) is 11.3. The number of carbonyl (C=O) groups excluding carboxylic acids is 1. The van der Waals surface area contributed by atoms with Gasteiger partial charge in [0.1, 0.15) is 17.1 Å². The number of para-hydroxylation sites is 2. The van der Waals surface area contributed by atoms with Crippen LogP contribution in [0, 0.1) is 5.82 Å². The fourth-order valence-corrected chi connectivity index (χ4v) is 4.87. The topological polar surface area (TPSA) is 50.7 Å². The molecule has 2 aromatic heterocycles. The molecule has 0 unspecified atom stereocenters. The van der Waals surface area contributed by atoms with Crippen molar-refractivity contribution >= 4 is 33.9 Å². The molecule has 0 aliphatic carbocycles. The number of halogens is 1. The summed E-state index contributed by atoms with van der Waals surface area (Å²) < 4.78 is 22.4. The van der Waals surface area contributed by atoms with Gasteiger partial charge in [0.25, 0.3) is 0 Å². The van der Waals surface area contributed by atoms with Gasteiger partial charge >= 0.3 is 0 Å². The van der Waals surface area contributed by atoms with Gasteiger partial charge in [-0.3, -0.25) is 4.79 Å². The molecule has 0 atom stereocenters. The summed E-state index contributed by atoms with van der Waals surface area (Å²) in [6.45, 7) is 2.20. The van der Waals surface area contributed by atoms with Crippen molar-refractivity contribution < 1.29 is 13.6 Å². The maximum absolute atomic E-state index is 14.2. The summed E-state index contributed by atoms with van der Waals surface area (Å²) in [5.74, 6) is 0.629. The number of hydrogen-bond donors (Lipinski definition) is 0. The molecular formula is C24H22FN3O2S. The van der Waals surface area contributed by atoms with Crippen molar-refractivity contribution in [1.29, 1.82) is 0 Å². The highest BCUT2D eigenvalue weighted by atomic mass is 32.1. The van der Waals surface area contributed by atoms with Gasteiger partial charge in [0.15, 0.2) is 10.6 Å². The maximum atomic E-state index is 14.2. The standard InChI is InChI=1S/C24H22FN3O2S/c25-18-8-2-3-9-19(18)26-24-28(14-6-13-27-12-5-11-23(27)29)20(16-31-24)22-15-17-7-1-4-10-21(17)30-22/h1-4,7-10,15-16H,5-6,11-14H2. The monoisotopic (exact) mass is 435 g/mol. The van der Waals surface area contributed by atoms with E-state index in [0.717, 1.165) is 41.8 Å². The van der Waals surface area contributed by atoms with Gasteiger partial charge in [-0.2, -0.15) is 0 Å². The van der Waals surface area contributed by atoms with Gasteiger partial charge in [-0.25, -0.2) is 9.38 Å². The van der Waals surface area contributed by atoms with Crippen LogP contribution in [0.1, 0.15) is 19.3 Å². The molecule has 4 aromatic rings. The smallest absolute Gasteiger partial charge is 0.222 e. The minimum Gasteiger partial charge on any atom is -0.454 e. The highest BCUT2D eigenvalue weighted by molar-refractivity contribution is 7.07. The summed E-state index contributed by atoms with van der Waals surface area (Å²) in [6.07, 6.45) is 2.37. The minimum absolute atomic E-state index is 0.226. The van der Waals surface area contributed by atoms with Gasteiger partial charge < -0.3 is 13.9 Å². The van der Waals surface area contributed by atoms with Gasteiger partial charge in [-0.05, 0) is 37.1 Å². The fraction of sp³-hybridized carbons (Fsp3) is 0.250. The number of fused-ring (bicyclic) bond motifs is 1. The van der Waals surface area contributed by atoms with Crippen molar-refractivity contribution in [3.05, 3.63) is 70.6 Å². The van der Waals surface area contributed by atoms with E-state index < -0.39 is 0 Å². The number of likely N-dealkylation sites (tertiary alicyclic amines) is 1. The van der Waals surface area contributed by atoms with E-state index in [4.69, 9.17) is 4.42 Å². The van der Waals surface area contributed by atoms with Crippen LogP contribution >= 0.6 is 11.3 Å². The van der Waals surface area contributed by atoms with Gasteiger partial charge in [-0.1, -0.05) is 30.3 Å². The Hall–Kier alpha value is -3.19. The van der Waals surface area contributed by atoms with E-state index in [1.165, 1.54) is 17.4 Å². The van der Waals surface area contributed by atoms with E-state index in [2.05, 4.69) is 9.56 Å². The second-order valence-corrected chi connectivity index (χ2v) is 8.44. The van der Waals surface area contributed by atoms with Crippen LogP contribution in [0.4, 0.5) is 10.1 Å². The SMILES string of the molecule is O=C1CCCN1CCCn1c(-c2cc3ccccc3o2)csc1=Nc1ccccc1F. The highest BCUT2D eigenvalue weighted by Gasteiger charge is 2.20. The number of rotatable bonds is 6. The Bertz CT molecular complexity index is 1270. The van der Waals surface area contributed by atoms with E-state index in [0.29, 0.717) is 30.0 Å². The second-order valence-electron chi connectivity index (χ2n) is 7.60. The lowest BCUT2D eigenvalue weighted by Gasteiger charge is -2.16. The molecule has 5 rings (SSSR count). The minimum atomic E-state index is -0.351. The second kappa shape index (κ2) is 8.51. The first kappa shape index (κ1) is 19.8. The van der Waals surface area contributed by atoms with Crippen LogP contribution in [0.5, 0.6) is 0 Å². The number of aromatic nitrogens is 1. The molecule has 2 aromatic carbocycles. The average molecular weight is 436 g/mol. The summed E-state index contributed by atoms with van der Waals surface area (Å²) in [5, 5.41) is 3.03. The van der Waals surface area contributed by atoms with Crippen LogP contribution in [-0.4, -0.2) is 28.5 Å². The molecule has 0 bridgehead atoms. The lowest BCUT2D eigenvalue weighted by Crippen LogP contribution is -2.27. The van der Waals surface area contributed by atoms with Crippen molar-refractivity contribution in [3.63, 3.8) is 0 Å². The van der Waals surface area contributed by atoms with Crippen molar-refractivity contribution in [2.24, 2.45) is 4.99 Å². The molecule has 1 aliphatic heterocycles. The van der Waals surface area contributed by atoms with Crippen molar-refractivity contribution in [3.8, 4) is 11.5 Å². The van der Waals surface area contributed by atoms with E-state index in [9.17, 15) is 9.18 Å². The van der Waals surface area contributed by atoms with Crippen molar-refractivity contribution in [2.75, 3.05) is 13.1 Å². The van der Waals surface area contributed by atoms with Crippen LogP contribution in [0.25, 0.3) is 22.4 Å². The van der Waals surface area contributed by atoms with E-state index in [-0.39, 0.29) is 11.7 Å². The summed E-state index contributed by atoms with van der Waals surface area (Å²) in [7, 11) is 0. The summed E-state index contributed by atoms with van der Waals surface area (Å²) in [6, 6.07) is 16.4. The zero-order valence-electron chi connectivity index (χ0n) is 17.0. The van der Waals surface area contributed by atoms with Gasteiger partial charge in [0.2, 0.25) is 5.91 Å². The first-order chi connectivity index (χ1) is 15.2. The first-order valence-electron chi connectivity index (χ1n) is 10.4. The Kier molecular flexibility index (Phi) is 5.42.